The van der Waals surface area contributed by atoms with Crippen LogP contribution in [0.1, 0.15) is 44.5 Å². The molecule has 144 valence electrons. The van der Waals surface area contributed by atoms with Gasteiger partial charge in [0.1, 0.15) is 11.5 Å². The molecule has 2 aromatic carbocycles. The molecule has 0 aliphatic carbocycles. The maximum atomic E-state index is 12.4. The van der Waals surface area contributed by atoms with Crippen LogP contribution in [0.5, 0.6) is 11.5 Å². The minimum absolute atomic E-state index is 0.0804. The second kappa shape index (κ2) is 9.92. The predicted octanol–water partition coefficient (Wildman–Crippen LogP) is 4.78. The van der Waals surface area contributed by atoms with E-state index in [1.807, 2.05) is 58.0 Å². The van der Waals surface area contributed by atoms with E-state index >= 15 is 0 Å². The van der Waals surface area contributed by atoms with Gasteiger partial charge in [0.2, 0.25) is 0 Å². The van der Waals surface area contributed by atoms with Crippen LogP contribution < -0.4 is 20.1 Å². The van der Waals surface area contributed by atoms with Crippen LogP contribution in [-0.2, 0) is 0 Å². The summed E-state index contributed by atoms with van der Waals surface area (Å²) >= 11 is 5.25. The van der Waals surface area contributed by atoms with Crippen LogP contribution >= 0.6 is 12.2 Å². The molecule has 0 saturated heterocycles. The lowest BCUT2D eigenvalue weighted by molar-refractivity contribution is 0.0977. The van der Waals surface area contributed by atoms with Gasteiger partial charge in [-0.3, -0.25) is 10.1 Å². The van der Waals surface area contributed by atoms with Gasteiger partial charge in [-0.1, -0.05) is 19.1 Å². The Morgan fingerprint density at radius 2 is 1.70 bits per heavy atom. The van der Waals surface area contributed by atoms with E-state index in [0.29, 0.717) is 11.3 Å². The van der Waals surface area contributed by atoms with Gasteiger partial charge >= 0.3 is 0 Å². The zero-order valence-corrected chi connectivity index (χ0v) is 16.9. The van der Waals surface area contributed by atoms with E-state index in [1.165, 1.54) is 0 Å². The smallest absolute Gasteiger partial charge is 0.257 e. The Kier molecular flexibility index (Phi) is 7.61. The summed E-state index contributed by atoms with van der Waals surface area (Å²) in [5.74, 6) is 1.10. The molecular formula is C21H26N2O3S. The number of hydrogen-bond acceptors (Lipinski definition) is 4. The minimum Gasteiger partial charge on any atom is -0.491 e. The van der Waals surface area contributed by atoms with Crippen molar-refractivity contribution < 1.29 is 14.3 Å². The summed E-state index contributed by atoms with van der Waals surface area (Å²) < 4.78 is 11.4. The maximum absolute atomic E-state index is 12.4. The van der Waals surface area contributed by atoms with Crippen molar-refractivity contribution in [2.75, 3.05) is 5.32 Å². The Hall–Kier alpha value is -2.60. The summed E-state index contributed by atoms with van der Waals surface area (Å²) in [7, 11) is 0. The normalized spacial score (nSPS) is 11.6. The van der Waals surface area contributed by atoms with Crippen LogP contribution in [0.25, 0.3) is 0 Å². The molecule has 27 heavy (non-hydrogen) atoms. The van der Waals surface area contributed by atoms with E-state index < -0.39 is 0 Å². The fourth-order valence-electron chi connectivity index (χ4n) is 2.28. The molecule has 2 rings (SSSR count). The van der Waals surface area contributed by atoms with Gasteiger partial charge in [-0.2, -0.15) is 0 Å². The molecule has 0 saturated carbocycles. The summed E-state index contributed by atoms with van der Waals surface area (Å²) in [6, 6.07) is 14.5. The molecule has 0 fully saturated rings. The van der Waals surface area contributed by atoms with Crippen LogP contribution in [0.3, 0.4) is 0 Å². The van der Waals surface area contributed by atoms with Crippen LogP contribution in [0.2, 0.25) is 0 Å². The maximum Gasteiger partial charge on any atom is 0.257 e. The summed E-state index contributed by atoms with van der Waals surface area (Å²) in [5.41, 5.74) is 1.23. The molecule has 0 radical (unpaired) electrons. The highest BCUT2D eigenvalue weighted by atomic mass is 32.1. The molecule has 1 unspecified atom stereocenters. The molecular weight excluding hydrogens is 360 g/mol. The van der Waals surface area contributed by atoms with Crippen molar-refractivity contribution >= 4 is 28.9 Å². The van der Waals surface area contributed by atoms with Gasteiger partial charge < -0.3 is 14.8 Å². The number of nitrogens with one attached hydrogen (secondary N) is 2. The van der Waals surface area contributed by atoms with Crippen molar-refractivity contribution in [3.8, 4) is 11.5 Å². The van der Waals surface area contributed by atoms with E-state index in [9.17, 15) is 4.79 Å². The molecule has 6 heteroatoms. The second-order valence-corrected chi connectivity index (χ2v) is 6.88. The van der Waals surface area contributed by atoms with Crippen molar-refractivity contribution in [1.29, 1.82) is 0 Å². The number of amides is 1. The number of anilines is 1. The second-order valence-electron chi connectivity index (χ2n) is 6.47. The third kappa shape index (κ3) is 6.90. The van der Waals surface area contributed by atoms with Crippen molar-refractivity contribution in [2.24, 2.45) is 0 Å². The minimum atomic E-state index is -0.295. The Balaban J connectivity index is 1.97. The summed E-state index contributed by atoms with van der Waals surface area (Å²) in [5, 5.41) is 5.90. The van der Waals surface area contributed by atoms with Gasteiger partial charge in [-0.15, -0.1) is 0 Å². The van der Waals surface area contributed by atoms with Crippen molar-refractivity contribution in [2.45, 2.75) is 46.3 Å². The highest BCUT2D eigenvalue weighted by Crippen LogP contribution is 2.19. The SMILES string of the molecule is CCC(C)Oc1cccc(C(=O)NC(=S)Nc2cccc(OC(C)C)c2)c1. The molecule has 1 atom stereocenters. The van der Waals surface area contributed by atoms with Gasteiger partial charge in [-0.05, 0) is 69.7 Å². The largest absolute Gasteiger partial charge is 0.491 e. The number of carbonyl (C=O) groups is 1. The average Bonchev–Trinajstić information content (AvgIpc) is 2.61. The molecule has 0 bridgehead atoms. The predicted molar refractivity (Wildman–Crippen MR) is 113 cm³/mol. The molecule has 2 aromatic rings. The van der Waals surface area contributed by atoms with Gasteiger partial charge in [0.15, 0.2) is 5.11 Å². The molecule has 0 spiro atoms. The van der Waals surface area contributed by atoms with Gasteiger partial charge in [0, 0.05) is 17.3 Å². The lowest BCUT2D eigenvalue weighted by Gasteiger charge is -2.14. The van der Waals surface area contributed by atoms with E-state index in [4.69, 9.17) is 21.7 Å². The van der Waals surface area contributed by atoms with Crippen LogP contribution in [-0.4, -0.2) is 23.2 Å². The lowest BCUT2D eigenvalue weighted by Crippen LogP contribution is -2.34. The first-order chi connectivity index (χ1) is 12.9. The fraction of sp³-hybridized carbons (Fsp3) is 0.333. The monoisotopic (exact) mass is 386 g/mol. The van der Waals surface area contributed by atoms with Crippen LogP contribution in [0, 0.1) is 0 Å². The highest BCUT2D eigenvalue weighted by molar-refractivity contribution is 7.80. The molecule has 0 aliphatic heterocycles. The Morgan fingerprint density at radius 1 is 1.04 bits per heavy atom. The number of carbonyl (C=O) groups excluding carboxylic acids is 1. The fourth-order valence-corrected chi connectivity index (χ4v) is 2.49. The third-order valence-corrected chi connectivity index (χ3v) is 3.90. The number of hydrogen-bond donors (Lipinski definition) is 2. The Morgan fingerprint density at radius 3 is 2.37 bits per heavy atom. The standard InChI is InChI=1S/C21H26N2O3S/c1-5-15(4)26-18-10-6-8-16(12-18)20(24)23-21(27)22-17-9-7-11-19(13-17)25-14(2)3/h6-15H,5H2,1-4H3,(H2,22,23,24,27). The summed E-state index contributed by atoms with van der Waals surface area (Å²) in [6.45, 7) is 7.96. The van der Waals surface area contributed by atoms with E-state index in [1.54, 1.807) is 18.2 Å². The molecule has 0 aromatic heterocycles. The van der Waals surface area contributed by atoms with E-state index in [0.717, 1.165) is 17.9 Å². The molecule has 0 heterocycles. The Bertz CT molecular complexity index is 793. The molecule has 5 nitrogen and oxygen atoms in total. The van der Waals surface area contributed by atoms with E-state index in [-0.39, 0.29) is 23.2 Å². The first-order valence-corrected chi connectivity index (χ1v) is 9.44. The molecule has 1 amide bonds. The third-order valence-electron chi connectivity index (χ3n) is 3.70. The highest BCUT2D eigenvalue weighted by Gasteiger charge is 2.10. The van der Waals surface area contributed by atoms with Crippen LogP contribution in [0.4, 0.5) is 5.69 Å². The number of thiocarbonyl (C=S) groups is 1. The number of rotatable bonds is 7. The average molecular weight is 387 g/mol. The molecule has 2 N–H and O–H groups in total. The van der Waals surface area contributed by atoms with Crippen molar-refractivity contribution in [1.82, 2.24) is 5.32 Å². The topological polar surface area (TPSA) is 59.6 Å². The number of benzene rings is 2. The lowest BCUT2D eigenvalue weighted by atomic mass is 10.2. The first-order valence-electron chi connectivity index (χ1n) is 9.03. The van der Waals surface area contributed by atoms with Crippen molar-refractivity contribution in [3.05, 3.63) is 54.1 Å². The van der Waals surface area contributed by atoms with Gasteiger partial charge in [0.25, 0.3) is 5.91 Å². The Labute approximate surface area is 166 Å². The van der Waals surface area contributed by atoms with E-state index in [2.05, 4.69) is 10.6 Å². The first kappa shape index (κ1) is 20.7. The number of ether oxygens (including phenoxy) is 2. The zero-order chi connectivity index (χ0) is 19.8. The molecule has 0 aliphatic rings. The van der Waals surface area contributed by atoms with Gasteiger partial charge in [-0.25, -0.2) is 0 Å². The zero-order valence-electron chi connectivity index (χ0n) is 16.1. The van der Waals surface area contributed by atoms with Gasteiger partial charge in [0.05, 0.1) is 12.2 Å². The summed E-state index contributed by atoms with van der Waals surface area (Å²) in [6.07, 6.45) is 1.06. The summed E-state index contributed by atoms with van der Waals surface area (Å²) in [4.78, 5) is 12.4. The van der Waals surface area contributed by atoms with Crippen molar-refractivity contribution in [3.63, 3.8) is 0 Å². The quantitative estimate of drug-likeness (QED) is 0.671. The van der Waals surface area contributed by atoms with Crippen LogP contribution in [0.15, 0.2) is 48.5 Å².